The average Bonchev–Trinajstić information content (AvgIpc) is 2.75. The first kappa shape index (κ1) is 22.0. The summed E-state index contributed by atoms with van der Waals surface area (Å²) >= 11 is 5.98. The van der Waals surface area contributed by atoms with Gasteiger partial charge in [0, 0.05) is 17.3 Å². The molecule has 0 fully saturated rings. The SMILES string of the molecule is O=C(NO)c1ccc(NS(=O)(=O)c2ccc(Oc3c(Cl)cccc3[N+](=O)[O-])cc2)cc1. The van der Waals surface area contributed by atoms with Gasteiger partial charge in [-0.15, -0.1) is 0 Å². The van der Waals surface area contributed by atoms with Crippen LogP contribution in [-0.2, 0) is 10.0 Å². The summed E-state index contributed by atoms with van der Waals surface area (Å²) in [7, 11) is -3.96. The fourth-order valence-electron chi connectivity index (χ4n) is 2.52. The molecule has 0 spiro atoms. The van der Waals surface area contributed by atoms with E-state index in [1.54, 1.807) is 0 Å². The van der Waals surface area contributed by atoms with Crippen LogP contribution in [0.5, 0.6) is 11.5 Å². The first-order chi connectivity index (χ1) is 14.7. The largest absolute Gasteiger partial charge is 0.449 e. The molecule has 0 aromatic heterocycles. The molecule has 0 unspecified atom stereocenters. The summed E-state index contributed by atoms with van der Waals surface area (Å²) in [6, 6.07) is 14.6. The van der Waals surface area contributed by atoms with Gasteiger partial charge in [-0.25, -0.2) is 13.9 Å². The molecule has 0 saturated carbocycles. The van der Waals surface area contributed by atoms with Gasteiger partial charge in [0.2, 0.25) is 5.75 Å². The van der Waals surface area contributed by atoms with Crippen molar-refractivity contribution in [3.8, 4) is 11.5 Å². The van der Waals surface area contributed by atoms with Gasteiger partial charge >= 0.3 is 5.69 Å². The minimum Gasteiger partial charge on any atom is -0.449 e. The first-order valence-corrected chi connectivity index (χ1v) is 10.4. The number of nitrogens with one attached hydrogen (secondary N) is 2. The van der Waals surface area contributed by atoms with Gasteiger partial charge in [-0.05, 0) is 54.6 Å². The molecule has 12 heteroatoms. The number of hydrogen-bond acceptors (Lipinski definition) is 7. The van der Waals surface area contributed by atoms with Gasteiger partial charge in [0.05, 0.1) is 14.8 Å². The molecule has 0 radical (unpaired) electrons. The molecule has 0 aliphatic heterocycles. The Hall–Kier alpha value is -3.67. The minimum absolute atomic E-state index is 0.0332. The number of benzene rings is 3. The fourth-order valence-corrected chi connectivity index (χ4v) is 3.78. The number of halogens is 1. The number of amides is 1. The van der Waals surface area contributed by atoms with Crippen LogP contribution in [0.4, 0.5) is 11.4 Å². The number of nitro groups is 1. The number of sulfonamides is 1. The molecule has 0 aliphatic carbocycles. The number of nitrogens with zero attached hydrogens (tertiary/aromatic N) is 1. The Morgan fingerprint density at radius 2 is 1.68 bits per heavy atom. The van der Waals surface area contributed by atoms with Crippen LogP contribution in [-0.4, -0.2) is 24.5 Å². The molecule has 31 heavy (non-hydrogen) atoms. The third kappa shape index (κ3) is 5.09. The highest BCUT2D eigenvalue weighted by molar-refractivity contribution is 7.92. The zero-order valence-electron chi connectivity index (χ0n) is 15.5. The van der Waals surface area contributed by atoms with Crippen molar-refractivity contribution >= 4 is 38.9 Å². The van der Waals surface area contributed by atoms with Crippen molar-refractivity contribution in [2.45, 2.75) is 4.90 Å². The third-order valence-corrected chi connectivity index (χ3v) is 5.69. The number of carbonyl (C=O) groups is 1. The molecule has 0 atom stereocenters. The quantitative estimate of drug-likeness (QED) is 0.273. The summed E-state index contributed by atoms with van der Waals surface area (Å²) in [6.45, 7) is 0. The third-order valence-electron chi connectivity index (χ3n) is 4.00. The van der Waals surface area contributed by atoms with Crippen LogP contribution >= 0.6 is 11.6 Å². The highest BCUT2D eigenvalue weighted by Crippen LogP contribution is 2.37. The molecule has 0 saturated heterocycles. The molecule has 0 heterocycles. The van der Waals surface area contributed by atoms with Gasteiger partial charge in [-0.3, -0.25) is 24.8 Å². The van der Waals surface area contributed by atoms with Crippen LogP contribution < -0.4 is 14.9 Å². The van der Waals surface area contributed by atoms with E-state index in [2.05, 4.69) is 4.72 Å². The summed E-state index contributed by atoms with van der Waals surface area (Å²) in [5, 5.41) is 19.8. The normalized spacial score (nSPS) is 10.9. The van der Waals surface area contributed by atoms with Crippen molar-refractivity contribution in [2.75, 3.05) is 4.72 Å². The minimum atomic E-state index is -3.96. The second kappa shape index (κ2) is 9.00. The lowest BCUT2D eigenvalue weighted by atomic mass is 10.2. The molecular formula is C19H14ClN3O7S. The van der Waals surface area contributed by atoms with Crippen molar-refractivity contribution < 1.29 is 28.1 Å². The second-order valence-corrected chi connectivity index (χ2v) is 8.13. The number of nitro benzene ring substituents is 1. The maximum absolute atomic E-state index is 12.6. The van der Waals surface area contributed by atoms with Crippen molar-refractivity contribution in [1.82, 2.24) is 5.48 Å². The Balaban J connectivity index is 1.78. The summed E-state index contributed by atoms with van der Waals surface area (Å²) in [6.07, 6.45) is 0. The van der Waals surface area contributed by atoms with Crippen molar-refractivity contribution in [3.05, 3.63) is 87.4 Å². The predicted octanol–water partition coefficient (Wildman–Crippen LogP) is 3.96. The number of hydrogen-bond donors (Lipinski definition) is 3. The Bertz CT molecular complexity index is 1230. The Kier molecular flexibility index (Phi) is 6.39. The van der Waals surface area contributed by atoms with E-state index in [0.717, 1.165) is 0 Å². The van der Waals surface area contributed by atoms with Gasteiger partial charge in [0.1, 0.15) is 5.75 Å². The predicted molar refractivity (Wildman–Crippen MR) is 111 cm³/mol. The van der Waals surface area contributed by atoms with E-state index < -0.39 is 20.9 Å². The Morgan fingerprint density at radius 3 is 2.26 bits per heavy atom. The van der Waals surface area contributed by atoms with E-state index in [-0.39, 0.29) is 38.4 Å². The lowest BCUT2D eigenvalue weighted by molar-refractivity contribution is -0.385. The van der Waals surface area contributed by atoms with Crippen molar-refractivity contribution in [1.29, 1.82) is 0 Å². The molecule has 160 valence electrons. The van der Waals surface area contributed by atoms with E-state index in [4.69, 9.17) is 21.5 Å². The molecule has 3 N–H and O–H groups in total. The van der Waals surface area contributed by atoms with Crippen molar-refractivity contribution in [3.63, 3.8) is 0 Å². The number of anilines is 1. The van der Waals surface area contributed by atoms with E-state index in [9.17, 15) is 23.3 Å². The highest BCUT2D eigenvalue weighted by Gasteiger charge is 2.20. The number of ether oxygens (including phenoxy) is 1. The highest BCUT2D eigenvalue weighted by atomic mass is 35.5. The molecular weight excluding hydrogens is 450 g/mol. The maximum Gasteiger partial charge on any atom is 0.313 e. The van der Waals surface area contributed by atoms with Crippen LogP contribution in [0.1, 0.15) is 10.4 Å². The van der Waals surface area contributed by atoms with Gasteiger partial charge < -0.3 is 4.74 Å². The first-order valence-electron chi connectivity index (χ1n) is 8.49. The molecule has 0 aliphatic rings. The topological polar surface area (TPSA) is 148 Å². The molecule has 10 nitrogen and oxygen atoms in total. The van der Waals surface area contributed by atoms with E-state index in [0.29, 0.717) is 0 Å². The standard InChI is InChI=1S/C19H14ClN3O7S/c20-16-2-1-3-17(23(26)27)18(16)30-14-8-10-15(11-9-14)31(28,29)22-13-6-4-12(5-7-13)19(24)21-25/h1-11,22,25H,(H,21,24). The lowest BCUT2D eigenvalue weighted by Crippen LogP contribution is -2.18. The van der Waals surface area contributed by atoms with Crippen molar-refractivity contribution in [2.24, 2.45) is 0 Å². The molecule has 0 bridgehead atoms. The molecule has 3 aromatic rings. The van der Waals surface area contributed by atoms with E-state index in [1.165, 1.54) is 72.2 Å². The molecule has 1 amide bonds. The summed E-state index contributed by atoms with van der Waals surface area (Å²) in [5.41, 5.74) is 1.48. The number of rotatable bonds is 7. The number of hydroxylamine groups is 1. The molecule has 3 aromatic carbocycles. The second-order valence-electron chi connectivity index (χ2n) is 6.04. The summed E-state index contributed by atoms with van der Waals surface area (Å²) < 4.78 is 33.0. The average molecular weight is 464 g/mol. The Morgan fingerprint density at radius 1 is 1.03 bits per heavy atom. The van der Waals surface area contributed by atoms with Gasteiger partial charge in [-0.2, -0.15) is 0 Å². The van der Waals surface area contributed by atoms with Crippen LogP contribution in [0.2, 0.25) is 5.02 Å². The number of carbonyl (C=O) groups excluding carboxylic acids is 1. The smallest absolute Gasteiger partial charge is 0.313 e. The zero-order valence-corrected chi connectivity index (χ0v) is 17.1. The van der Waals surface area contributed by atoms with Gasteiger partial charge in [0.25, 0.3) is 15.9 Å². The summed E-state index contributed by atoms with van der Waals surface area (Å²) in [5.74, 6) is -0.742. The Labute approximate surface area is 181 Å². The van der Waals surface area contributed by atoms with E-state index >= 15 is 0 Å². The van der Waals surface area contributed by atoms with Gasteiger partial charge in [0.15, 0.2) is 0 Å². The van der Waals surface area contributed by atoms with Crippen LogP contribution in [0.15, 0.2) is 71.6 Å². The molecule has 3 rings (SSSR count). The van der Waals surface area contributed by atoms with E-state index in [1.807, 2.05) is 0 Å². The number of para-hydroxylation sites is 1. The van der Waals surface area contributed by atoms with Gasteiger partial charge in [-0.1, -0.05) is 17.7 Å². The van der Waals surface area contributed by atoms with Crippen LogP contribution in [0, 0.1) is 10.1 Å². The zero-order chi connectivity index (χ0) is 22.6. The van der Waals surface area contributed by atoms with Crippen LogP contribution in [0.3, 0.4) is 0 Å². The fraction of sp³-hybridized carbons (Fsp3) is 0. The summed E-state index contributed by atoms with van der Waals surface area (Å²) in [4.78, 5) is 21.7. The monoisotopic (exact) mass is 463 g/mol. The van der Waals surface area contributed by atoms with Crippen LogP contribution in [0.25, 0.3) is 0 Å². The lowest BCUT2D eigenvalue weighted by Gasteiger charge is -2.11. The maximum atomic E-state index is 12.6.